The van der Waals surface area contributed by atoms with Gasteiger partial charge < -0.3 is 4.90 Å². The number of thioether (sulfide) groups is 1. The van der Waals surface area contributed by atoms with Crippen molar-refractivity contribution in [3.05, 3.63) is 70.0 Å². The van der Waals surface area contributed by atoms with E-state index in [2.05, 4.69) is 4.99 Å². The molecule has 0 amide bonds. The first-order valence-electron chi connectivity index (χ1n) is 8.52. The number of nitrogens with zero attached hydrogens (tertiary/aromatic N) is 3. The Bertz CT molecular complexity index is 1060. The van der Waals surface area contributed by atoms with Gasteiger partial charge in [-0.2, -0.15) is 0 Å². The maximum Gasteiger partial charge on any atom is 0.269 e. The van der Waals surface area contributed by atoms with Crippen LogP contribution in [0.1, 0.15) is 5.56 Å². The van der Waals surface area contributed by atoms with E-state index in [4.69, 9.17) is 0 Å². The third-order valence-electron chi connectivity index (χ3n) is 4.73. The van der Waals surface area contributed by atoms with Gasteiger partial charge in [-0.05, 0) is 17.7 Å². The van der Waals surface area contributed by atoms with Crippen molar-refractivity contribution in [1.82, 2.24) is 0 Å². The summed E-state index contributed by atoms with van der Waals surface area (Å²) < 4.78 is 38.5. The molecule has 0 radical (unpaired) electrons. The minimum atomic E-state index is -3.21. The normalized spacial score (nSPS) is 22.8. The number of anilines is 1. The van der Waals surface area contributed by atoms with Gasteiger partial charge in [0.2, 0.25) is 0 Å². The van der Waals surface area contributed by atoms with Crippen molar-refractivity contribution in [2.75, 3.05) is 16.4 Å². The number of para-hydroxylation sites is 1. The van der Waals surface area contributed by atoms with Gasteiger partial charge in [0.25, 0.3) is 5.69 Å². The smallest absolute Gasteiger partial charge is 0.269 e. The SMILES string of the molecule is O=[N+]([O-])c1ccc(CSC2=N[C@@H]3CS(=O)(=O)C[C@H]3N2c2ccccc2F)cc1. The van der Waals surface area contributed by atoms with Gasteiger partial charge in [-0.15, -0.1) is 0 Å². The lowest BCUT2D eigenvalue weighted by Gasteiger charge is -2.26. The molecule has 2 atom stereocenters. The molecule has 28 heavy (non-hydrogen) atoms. The van der Waals surface area contributed by atoms with E-state index in [-0.39, 0.29) is 17.2 Å². The summed E-state index contributed by atoms with van der Waals surface area (Å²) in [5.74, 6) is -0.0500. The van der Waals surface area contributed by atoms with Crippen molar-refractivity contribution in [2.24, 2.45) is 4.99 Å². The summed E-state index contributed by atoms with van der Waals surface area (Å²) in [5, 5.41) is 11.3. The maximum atomic E-state index is 14.4. The number of aliphatic imine (C=N–C) groups is 1. The molecule has 2 aliphatic rings. The molecule has 0 unspecified atom stereocenters. The third-order valence-corrected chi connectivity index (χ3v) is 7.47. The van der Waals surface area contributed by atoms with Crippen molar-refractivity contribution < 1.29 is 17.7 Å². The van der Waals surface area contributed by atoms with Crippen LogP contribution in [0.5, 0.6) is 0 Å². The molecule has 146 valence electrons. The highest BCUT2D eigenvalue weighted by Crippen LogP contribution is 2.37. The van der Waals surface area contributed by atoms with E-state index in [9.17, 15) is 22.9 Å². The van der Waals surface area contributed by atoms with Crippen molar-refractivity contribution in [3.8, 4) is 0 Å². The van der Waals surface area contributed by atoms with Crippen LogP contribution in [0.3, 0.4) is 0 Å². The van der Waals surface area contributed by atoms with Crippen LogP contribution in [0.4, 0.5) is 15.8 Å². The Balaban J connectivity index is 1.59. The molecule has 1 saturated heterocycles. The number of benzene rings is 2. The van der Waals surface area contributed by atoms with Gasteiger partial charge in [0.15, 0.2) is 15.0 Å². The van der Waals surface area contributed by atoms with Crippen LogP contribution in [-0.4, -0.2) is 42.1 Å². The number of rotatable bonds is 4. The van der Waals surface area contributed by atoms with Gasteiger partial charge in [0.05, 0.1) is 34.2 Å². The van der Waals surface area contributed by atoms with Crippen LogP contribution in [0.15, 0.2) is 53.5 Å². The minimum Gasteiger partial charge on any atom is -0.312 e. The molecule has 7 nitrogen and oxygen atoms in total. The van der Waals surface area contributed by atoms with Crippen LogP contribution < -0.4 is 4.90 Å². The molecule has 2 aromatic rings. The molecule has 2 aliphatic heterocycles. The molecule has 0 bridgehead atoms. The average Bonchev–Trinajstić information content (AvgIpc) is 3.12. The van der Waals surface area contributed by atoms with Crippen molar-refractivity contribution in [3.63, 3.8) is 0 Å². The van der Waals surface area contributed by atoms with E-state index in [0.29, 0.717) is 16.6 Å². The second-order valence-electron chi connectivity index (χ2n) is 6.66. The topological polar surface area (TPSA) is 92.9 Å². The van der Waals surface area contributed by atoms with Crippen molar-refractivity contribution in [2.45, 2.75) is 17.8 Å². The molecular weight excluding hydrogens is 405 g/mol. The molecule has 4 rings (SSSR count). The van der Waals surface area contributed by atoms with E-state index in [1.165, 1.54) is 30.0 Å². The summed E-state index contributed by atoms with van der Waals surface area (Å²) in [6, 6.07) is 11.6. The Kier molecular flexibility index (Phi) is 4.84. The van der Waals surface area contributed by atoms with Crippen LogP contribution in [0.25, 0.3) is 0 Å². The lowest BCUT2D eigenvalue weighted by atomic mass is 10.1. The quantitative estimate of drug-likeness (QED) is 0.557. The molecule has 2 heterocycles. The highest BCUT2D eigenvalue weighted by atomic mass is 32.2. The number of hydrogen-bond donors (Lipinski definition) is 0. The first-order chi connectivity index (χ1) is 13.3. The number of sulfone groups is 1. The summed E-state index contributed by atoms with van der Waals surface area (Å²) in [6.45, 7) is 0. The molecule has 0 N–H and O–H groups in total. The second kappa shape index (κ2) is 7.17. The Morgan fingerprint density at radius 1 is 1.18 bits per heavy atom. The maximum absolute atomic E-state index is 14.4. The average molecular weight is 421 g/mol. The molecule has 0 aliphatic carbocycles. The number of nitro groups is 1. The van der Waals surface area contributed by atoms with Crippen molar-refractivity contribution in [1.29, 1.82) is 0 Å². The summed E-state index contributed by atoms with van der Waals surface area (Å²) in [6.07, 6.45) is 0. The van der Waals surface area contributed by atoms with Gasteiger partial charge in [-0.25, -0.2) is 12.8 Å². The van der Waals surface area contributed by atoms with Gasteiger partial charge in [-0.1, -0.05) is 36.0 Å². The number of hydrogen-bond acceptors (Lipinski definition) is 7. The van der Waals surface area contributed by atoms with Crippen LogP contribution in [0, 0.1) is 15.9 Å². The van der Waals surface area contributed by atoms with Gasteiger partial charge in [-0.3, -0.25) is 15.1 Å². The molecule has 0 aromatic heterocycles. The predicted molar refractivity (Wildman–Crippen MR) is 107 cm³/mol. The Labute approximate surface area is 165 Å². The third kappa shape index (κ3) is 3.61. The Morgan fingerprint density at radius 3 is 2.57 bits per heavy atom. The van der Waals surface area contributed by atoms with E-state index < -0.39 is 32.7 Å². The van der Waals surface area contributed by atoms with Crippen molar-refractivity contribution >= 4 is 38.1 Å². The Morgan fingerprint density at radius 2 is 1.89 bits per heavy atom. The Hall–Kier alpha value is -2.46. The van der Waals surface area contributed by atoms with E-state index in [0.717, 1.165) is 5.56 Å². The van der Waals surface area contributed by atoms with Crippen LogP contribution in [0.2, 0.25) is 0 Å². The molecule has 2 aromatic carbocycles. The zero-order valence-electron chi connectivity index (χ0n) is 14.6. The van der Waals surface area contributed by atoms with E-state index in [1.54, 1.807) is 35.2 Å². The molecule has 1 fully saturated rings. The summed E-state index contributed by atoms with van der Waals surface area (Å²) >= 11 is 1.36. The number of non-ortho nitro benzene ring substituents is 1. The van der Waals surface area contributed by atoms with Crippen LogP contribution >= 0.6 is 11.8 Å². The lowest BCUT2D eigenvalue weighted by Crippen LogP contribution is -2.39. The number of halogens is 1. The number of nitro benzene ring substituents is 1. The zero-order chi connectivity index (χ0) is 19.9. The first kappa shape index (κ1) is 18.9. The summed E-state index contributed by atoms with van der Waals surface area (Å²) in [7, 11) is -3.21. The number of fused-ring (bicyclic) bond motifs is 1. The molecular formula is C18H16FN3O4S2. The second-order valence-corrected chi connectivity index (χ2v) is 9.75. The fourth-order valence-electron chi connectivity index (χ4n) is 3.42. The first-order valence-corrected chi connectivity index (χ1v) is 11.3. The molecule has 0 spiro atoms. The summed E-state index contributed by atoms with van der Waals surface area (Å²) in [5.41, 5.74) is 1.18. The lowest BCUT2D eigenvalue weighted by molar-refractivity contribution is -0.384. The fourth-order valence-corrected chi connectivity index (χ4v) is 6.34. The van der Waals surface area contributed by atoms with Crippen LogP contribution in [-0.2, 0) is 15.6 Å². The predicted octanol–water partition coefficient (Wildman–Crippen LogP) is 3.01. The van der Waals surface area contributed by atoms with Gasteiger partial charge in [0, 0.05) is 17.9 Å². The largest absolute Gasteiger partial charge is 0.312 e. The number of amidine groups is 1. The fraction of sp³-hybridized carbons (Fsp3) is 0.278. The summed E-state index contributed by atoms with van der Waals surface area (Å²) in [4.78, 5) is 16.5. The highest BCUT2D eigenvalue weighted by molar-refractivity contribution is 8.13. The van der Waals surface area contributed by atoms with Gasteiger partial charge in [0.1, 0.15) is 5.82 Å². The zero-order valence-corrected chi connectivity index (χ0v) is 16.2. The van der Waals surface area contributed by atoms with E-state index in [1.807, 2.05) is 0 Å². The van der Waals surface area contributed by atoms with Gasteiger partial charge >= 0.3 is 0 Å². The molecule has 10 heteroatoms. The minimum absolute atomic E-state index is 0.0136. The molecule has 0 saturated carbocycles. The monoisotopic (exact) mass is 421 g/mol. The van der Waals surface area contributed by atoms with E-state index >= 15 is 0 Å². The standard InChI is InChI=1S/C18H16FN3O4S2/c19-14-3-1-2-4-16(14)21-17-11-28(25,26)10-15(17)20-18(21)27-9-12-5-7-13(8-6-12)22(23)24/h1-8,15,17H,9-11H2/t15-,17-/m1/s1. The highest BCUT2D eigenvalue weighted by Gasteiger charge is 2.47.